The molecule has 0 saturated carbocycles. The lowest BCUT2D eigenvalue weighted by Crippen LogP contribution is -2.38. The van der Waals surface area contributed by atoms with Crippen LogP contribution in [0.5, 0.6) is 0 Å². The van der Waals surface area contributed by atoms with E-state index in [1.165, 1.54) is 12.1 Å². The van der Waals surface area contributed by atoms with Crippen molar-refractivity contribution in [1.82, 2.24) is 0 Å². The molecule has 0 radical (unpaired) electrons. The molecular weight excluding hydrogens is 267 g/mol. The Morgan fingerprint density at radius 3 is 1.95 bits per heavy atom. The van der Waals surface area contributed by atoms with Crippen molar-refractivity contribution < 1.29 is 18.0 Å². The van der Waals surface area contributed by atoms with E-state index in [-0.39, 0.29) is 18.7 Å². The van der Waals surface area contributed by atoms with E-state index in [9.17, 15) is 18.0 Å². The molecular formula is C15H20F3NO. The van der Waals surface area contributed by atoms with E-state index in [0.29, 0.717) is 18.4 Å². The van der Waals surface area contributed by atoms with Gasteiger partial charge in [0.15, 0.2) is 0 Å². The van der Waals surface area contributed by atoms with Crippen LogP contribution in [0, 0.1) is 5.41 Å². The number of benzene rings is 1. The summed E-state index contributed by atoms with van der Waals surface area (Å²) in [5.74, 6) is -0.00948. The summed E-state index contributed by atoms with van der Waals surface area (Å²) in [5.41, 5.74) is 5.01. The number of hydrogen-bond donors (Lipinski definition) is 1. The van der Waals surface area contributed by atoms with Gasteiger partial charge in [-0.25, -0.2) is 0 Å². The number of Topliss-reactive ketones (excluding diaryl/α,β-unsaturated/α-hetero) is 1. The summed E-state index contributed by atoms with van der Waals surface area (Å²) in [5, 5.41) is 0. The van der Waals surface area contributed by atoms with Crippen molar-refractivity contribution in [2.75, 3.05) is 6.54 Å². The van der Waals surface area contributed by atoms with Crippen LogP contribution in [0.3, 0.4) is 0 Å². The van der Waals surface area contributed by atoms with Crippen LogP contribution in [0.2, 0.25) is 0 Å². The lowest BCUT2D eigenvalue weighted by atomic mass is 9.76. The monoisotopic (exact) mass is 287 g/mol. The largest absolute Gasteiger partial charge is 0.416 e. The Bertz CT molecular complexity index is 439. The van der Waals surface area contributed by atoms with Crippen molar-refractivity contribution >= 4 is 5.78 Å². The van der Waals surface area contributed by atoms with E-state index in [0.717, 1.165) is 12.1 Å². The fourth-order valence-corrected chi connectivity index (χ4v) is 2.23. The first-order valence-corrected chi connectivity index (χ1v) is 6.68. The van der Waals surface area contributed by atoms with Gasteiger partial charge in [-0.15, -0.1) is 0 Å². The molecule has 0 heterocycles. The van der Waals surface area contributed by atoms with Crippen LogP contribution < -0.4 is 5.73 Å². The van der Waals surface area contributed by atoms with Crippen LogP contribution in [-0.2, 0) is 17.4 Å². The van der Waals surface area contributed by atoms with Gasteiger partial charge in [0.25, 0.3) is 0 Å². The van der Waals surface area contributed by atoms with Crippen LogP contribution in [-0.4, -0.2) is 12.3 Å². The second-order valence-corrected chi connectivity index (χ2v) is 4.99. The van der Waals surface area contributed by atoms with Crippen molar-refractivity contribution in [2.24, 2.45) is 11.1 Å². The molecule has 1 aromatic rings. The quantitative estimate of drug-likeness (QED) is 0.869. The van der Waals surface area contributed by atoms with Crippen LogP contribution in [0.4, 0.5) is 13.2 Å². The Morgan fingerprint density at radius 2 is 1.60 bits per heavy atom. The lowest BCUT2D eigenvalue weighted by Gasteiger charge is -2.28. The molecule has 1 rings (SSSR count). The minimum atomic E-state index is -4.35. The van der Waals surface area contributed by atoms with Crippen molar-refractivity contribution in [3.05, 3.63) is 35.4 Å². The molecule has 5 heteroatoms. The summed E-state index contributed by atoms with van der Waals surface area (Å²) in [6, 6.07) is 4.72. The maximum absolute atomic E-state index is 12.5. The highest BCUT2D eigenvalue weighted by molar-refractivity contribution is 5.87. The predicted molar refractivity (Wildman–Crippen MR) is 72.2 cm³/mol. The summed E-state index contributed by atoms with van der Waals surface area (Å²) in [7, 11) is 0. The number of carbonyl (C=O) groups excluding carboxylic acids is 1. The number of rotatable bonds is 6. The first-order valence-electron chi connectivity index (χ1n) is 6.68. The molecule has 0 saturated heterocycles. The zero-order valence-electron chi connectivity index (χ0n) is 11.8. The van der Waals surface area contributed by atoms with Crippen LogP contribution in [0.25, 0.3) is 0 Å². The second kappa shape index (κ2) is 6.39. The maximum atomic E-state index is 12.5. The summed E-state index contributed by atoms with van der Waals surface area (Å²) in [6.45, 7) is 4.07. The second-order valence-electron chi connectivity index (χ2n) is 4.99. The molecule has 0 aliphatic carbocycles. The smallest absolute Gasteiger partial charge is 0.329 e. The van der Waals surface area contributed by atoms with Gasteiger partial charge >= 0.3 is 6.18 Å². The van der Waals surface area contributed by atoms with Crippen molar-refractivity contribution in [3.8, 4) is 0 Å². The molecule has 0 aliphatic rings. The van der Waals surface area contributed by atoms with Crippen LogP contribution >= 0.6 is 0 Å². The van der Waals surface area contributed by atoms with Gasteiger partial charge in [0.05, 0.1) is 5.56 Å². The standard InChI is InChI=1S/C15H20F3NO/c1-3-14(4-2,10-19)13(20)9-11-5-7-12(8-6-11)15(16,17)18/h5-8H,3-4,9-10,19H2,1-2H3. The van der Waals surface area contributed by atoms with E-state index < -0.39 is 17.2 Å². The lowest BCUT2D eigenvalue weighted by molar-refractivity contribution is -0.137. The van der Waals surface area contributed by atoms with Gasteiger partial charge in [-0.3, -0.25) is 4.79 Å². The van der Waals surface area contributed by atoms with Crippen LogP contribution in [0.15, 0.2) is 24.3 Å². The molecule has 0 atom stereocenters. The van der Waals surface area contributed by atoms with E-state index in [4.69, 9.17) is 5.73 Å². The number of halogens is 3. The predicted octanol–water partition coefficient (Wildman–Crippen LogP) is 3.58. The van der Waals surface area contributed by atoms with Gasteiger partial charge in [-0.05, 0) is 30.5 Å². The van der Waals surface area contributed by atoms with E-state index >= 15 is 0 Å². The fourth-order valence-electron chi connectivity index (χ4n) is 2.23. The molecule has 0 aromatic heterocycles. The average Bonchev–Trinajstić information content (AvgIpc) is 2.41. The molecule has 20 heavy (non-hydrogen) atoms. The molecule has 0 fully saturated rings. The Kier molecular flexibility index (Phi) is 5.34. The first-order chi connectivity index (χ1) is 9.29. The number of alkyl halides is 3. The number of nitrogens with two attached hydrogens (primary N) is 1. The Morgan fingerprint density at radius 1 is 1.10 bits per heavy atom. The molecule has 1 aromatic carbocycles. The normalized spacial score (nSPS) is 12.5. The number of hydrogen-bond acceptors (Lipinski definition) is 2. The minimum absolute atomic E-state index is 0.00948. The Hall–Kier alpha value is -1.36. The molecule has 112 valence electrons. The molecule has 0 aliphatic heterocycles. The molecule has 0 bridgehead atoms. The van der Waals surface area contributed by atoms with E-state index in [1.807, 2.05) is 13.8 Å². The van der Waals surface area contributed by atoms with Gasteiger partial charge in [-0.1, -0.05) is 26.0 Å². The van der Waals surface area contributed by atoms with Crippen LogP contribution in [0.1, 0.15) is 37.8 Å². The highest BCUT2D eigenvalue weighted by atomic mass is 19.4. The molecule has 0 spiro atoms. The van der Waals surface area contributed by atoms with Gasteiger partial charge in [0, 0.05) is 18.4 Å². The average molecular weight is 287 g/mol. The zero-order valence-corrected chi connectivity index (χ0v) is 11.8. The van der Waals surface area contributed by atoms with E-state index in [1.54, 1.807) is 0 Å². The molecule has 2 nitrogen and oxygen atoms in total. The summed E-state index contributed by atoms with van der Waals surface area (Å²) in [4.78, 5) is 12.3. The number of carbonyl (C=O) groups is 1. The van der Waals surface area contributed by atoms with Crippen molar-refractivity contribution in [1.29, 1.82) is 0 Å². The highest BCUT2D eigenvalue weighted by Crippen LogP contribution is 2.30. The van der Waals surface area contributed by atoms with Gasteiger partial charge < -0.3 is 5.73 Å². The third-order valence-corrected chi connectivity index (χ3v) is 3.98. The zero-order chi connectivity index (χ0) is 15.4. The van der Waals surface area contributed by atoms with E-state index in [2.05, 4.69) is 0 Å². The highest BCUT2D eigenvalue weighted by Gasteiger charge is 2.33. The fraction of sp³-hybridized carbons (Fsp3) is 0.533. The van der Waals surface area contributed by atoms with Gasteiger partial charge in [0.2, 0.25) is 0 Å². The minimum Gasteiger partial charge on any atom is -0.329 e. The summed E-state index contributed by atoms with van der Waals surface area (Å²) in [6.07, 6.45) is -2.95. The number of ketones is 1. The molecule has 0 unspecified atom stereocenters. The van der Waals surface area contributed by atoms with Crippen molar-refractivity contribution in [2.45, 2.75) is 39.3 Å². The summed E-state index contributed by atoms with van der Waals surface area (Å²) < 4.78 is 37.4. The van der Waals surface area contributed by atoms with Crippen molar-refractivity contribution in [3.63, 3.8) is 0 Å². The third-order valence-electron chi connectivity index (χ3n) is 3.98. The molecule has 2 N–H and O–H groups in total. The first kappa shape index (κ1) is 16.7. The Labute approximate surface area is 117 Å². The SMILES string of the molecule is CCC(CC)(CN)C(=O)Cc1ccc(C(F)(F)F)cc1. The summed E-state index contributed by atoms with van der Waals surface area (Å²) >= 11 is 0. The Balaban J connectivity index is 2.86. The topological polar surface area (TPSA) is 43.1 Å². The molecule has 0 amide bonds. The third kappa shape index (κ3) is 3.60. The maximum Gasteiger partial charge on any atom is 0.416 e. The van der Waals surface area contributed by atoms with Gasteiger partial charge in [0.1, 0.15) is 5.78 Å². The van der Waals surface area contributed by atoms with Gasteiger partial charge in [-0.2, -0.15) is 13.2 Å².